The fourth-order valence-corrected chi connectivity index (χ4v) is 2.46. The first-order chi connectivity index (χ1) is 5.23. The molecule has 1 heteroatoms. The van der Waals surface area contributed by atoms with Gasteiger partial charge in [-0.25, -0.2) is 0 Å². The summed E-state index contributed by atoms with van der Waals surface area (Å²) in [6, 6.07) is 0. The van der Waals surface area contributed by atoms with Crippen molar-refractivity contribution in [3.63, 3.8) is 0 Å². The molecule has 1 aliphatic heterocycles. The third-order valence-electron chi connectivity index (χ3n) is 3.39. The number of likely N-dealkylation sites (tertiary alicyclic amines) is 1. The molecule has 2 aliphatic rings. The minimum Gasteiger partial charge on any atom is -0.297 e. The zero-order chi connectivity index (χ0) is 7.90. The second-order valence-electron chi connectivity index (χ2n) is 4.67. The summed E-state index contributed by atoms with van der Waals surface area (Å²) >= 11 is 0. The first-order valence-corrected chi connectivity index (χ1v) is 4.98. The molecule has 0 atom stereocenters. The normalized spacial score (nSPS) is 28.6. The Labute approximate surface area is 69.8 Å². The van der Waals surface area contributed by atoms with Crippen molar-refractivity contribution in [2.45, 2.75) is 45.1 Å². The topological polar surface area (TPSA) is 3.24 Å². The molecule has 0 amide bonds. The molecule has 2 fully saturated rings. The number of nitrogens with zero attached hydrogens (tertiary/aromatic N) is 1. The second-order valence-corrected chi connectivity index (χ2v) is 4.67. The zero-order valence-corrected chi connectivity index (χ0v) is 7.77. The smallest absolute Gasteiger partial charge is 0.0221 e. The van der Waals surface area contributed by atoms with Gasteiger partial charge in [-0.2, -0.15) is 0 Å². The molecule has 1 spiro atoms. The molecule has 64 valence electrons. The Morgan fingerprint density at radius 2 is 2.00 bits per heavy atom. The first-order valence-electron chi connectivity index (χ1n) is 4.98. The van der Waals surface area contributed by atoms with Gasteiger partial charge >= 0.3 is 0 Å². The van der Waals surface area contributed by atoms with E-state index in [0.29, 0.717) is 0 Å². The highest BCUT2D eigenvalue weighted by molar-refractivity contribution is 5.05. The van der Waals surface area contributed by atoms with Crippen molar-refractivity contribution >= 4 is 0 Å². The Kier molecular flexibility index (Phi) is 1.71. The summed E-state index contributed by atoms with van der Waals surface area (Å²) in [4.78, 5) is 2.71. The van der Waals surface area contributed by atoms with Crippen molar-refractivity contribution in [3.8, 4) is 0 Å². The van der Waals surface area contributed by atoms with Crippen LogP contribution < -0.4 is 0 Å². The van der Waals surface area contributed by atoms with Crippen molar-refractivity contribution in [2.75, 3.05) is 13.1 Å². The number of hydrogen-bond donors (Lipinski definition) is 0. The van der Waals surface area contributed by atoms with E-state index in [1.54, 1.807) is 0 Å². The molecule has 2 rings (SSSR count). The lowest BCUT2D eigenvalue weighted by Gasteiger charge is -2.59. The largest absolute Gasteiger partial charge is 0.297 e. The molecule has 1 saturated carbocycles. The Bertz CT molecular complexity index is 141. The molecule has 11 heavy (non-hydrogen) atoms. The van der Waals surface area contributed by atoms with Crippen molar-refractivity contribution < 1.29 is 0 Å². The van der Waals surface area contributed by atoms with E-state index in [4.69, 9.17) is 0 Å². The third kappa shape index (κ3) is 1.10. The van der Waals surface area contributed by atoms with E-state index < -0.39 is 0 Å². The van der Waals surface area contributed by atoms with Crippen LogP contribution in [-0.2, 0) is 0 Å². The van der Waals surface area contributed by atoms with Crippen LogP contribution in [0.4, 0.5) is 0 Å². The maximum atomic E-state index is 2.71. The summed E-state index contributed by atoms with van der Waals surface area (Å²) in [6.07, 6.45) is 5.94. The van der Waals surface area contributed by atoms with Gasteiger partial charge in [-0.1, -0.05) is 13.8 Å². The predicted octanol–water partition coefficient (Wildman–Crippen LogP) is 2.27. The molecular weight excluding hydrogens is 134 g/mol. The van der Waals surface area contributed by atoms with Gasteiger partial charge < -0.3 is 0 Å². The number of hydrogen-bond acceptors (Lipinski definition) is 1. The van der Waals surface area contributed by atoms with E-state index in [-0.39, 0.29) is 0 Å². The fraction of sp³-hybridized carbons (Fsp3) is 1.00. The maximum absolute atomic E-state index is 2.71. The third-order valence-corrected chi connectivity index (χ3v) is 3.39. The zero-order valence-electron chi connectivity index (χ0n) is 7.77. The van der Waals surface area contributed by atoms with Crippen LogP contribution in [0.3, 0.4) is 0 Å². The summed E-state index contributed by atoms with van der Waals surface area (Å²) in [5.41, 5.74) is 0.726. The minimum atomic E-state index is 0.726. The van der Waals surface area contributed by atoms with Crippen LogP contribution >= 0.6 is 0 Å². The molecule has 1 heterocycles. The van der Waals surface area contributed by atoms with Gasteiger partial charge in [0.05, 0.1) is 0 Å². The molecule has 0 unspecified atom stereocenters. The van der Waals surface area contributed by atoms with Gasteiger partial charge in [0.1, 0.15) is 0 Å². The molecule has 1 nitrogen and oxygen atoms in total. The average Bonchev–Trinajstić information content (AvgIpc) is 1.76. The monoisotopic (exact) mass is 153 g/mol. The SMILES string of the molecule is CC(C)CN1CCC12CCC2. The molecule has 1 aliphatic carbocycles. The van der Waals surface area contributed by atoms with E-state index in [0.717, 1.165) is 11.5 Å². The van der Waals surface area contributed by atoms with Crippen LogP contribution in [0.15, 0.2) is 0 Å². The fourth-order valence-electron chi connectivity index (χ4n) is 2.46. The summed E-state index contributed by atoms with van der Waals surface area (Å²) in [5.74, 6) is 0.854. The predicted molar refractivity (Wildman–Crippen MR) is 47.6 cm³/mol. The van der Waals surface area contributed by atoms with Crippen molar-refractivity contribution in [1.82, 2.24) is 4.90 Å². The summed E-state index contributed by atoms with van der Waals surface area (Å²) in [6.45, 7) is 7.35. The Hall–Kier alpha value is -0.0400. The van der Waals surface area contributed by atoms with E-state index in [9.17, 15) is 0 Å². The molecule has 0 N–H and O–H groups in total. The van der Waals surface area contributed by atoms with E-state index >= 15 is 0 Å². The van der Waals surface area contributed by atoms with Crippen molar-refractivity contribution in [3.05, 3.63) is 0 Å². The maximum Gasteiger partial charge on any atom is 0.0221 e. The molecule has 0 aromatic heterocycles. The summed E-state index contributed by atoms with van der Waals surface area (Å²) in [5, 5.41) is 0. The van der Waals surface area contributed by atoms with Gasteiger partial charge in [0.2, 0.25) is 0 Å². The molecule has 1 saturated heterocycles. The molecule has 0 radical (unpaired) electrons. The first kappa shape index (κ1) is 7.60. The highest BCUT2D eigenvalue weighted by Crippen LogP contribution is 2.47. The molecular formula is C10H19N. The van der Waals surface area contributed by atoms with Crippen molar-refractivity contribution in [2.24, 2.45) is 5.92 Å². The second kappa shape index (κ2) is 2.48. The Morgan fingerprint density at radius 1 is 1.27 bits per heavy atom. The molecule has 0 aromatic carbocycles. The van der Waals surface area contributed by atoms with Crippen LogP contribution in [0.25, 0.3) is 0 Å². The molecule has 0 bridgehead atoms. The summed E-state index contributed by atoms with van der Waals surface area (Å²) < 4.78 is 0. The molecule has 0 aromatic rings. The minimum absolute atomic E-state index is 0.726. The van der Waals surface area contributed by atoms with E-state index in [1.165, 1.54) is 38.8 Å². The standard InChI is InChI=1S/C10H19N/c1-9(2)8-11-7-6-10(11)4-3-5-10/h9H,3-8H2,1-2H3. The van der Waals surface area contributed by atoms with Gasteiger partial charge in [0.25, 0.3) is 0 Å². The van der Waals surface area contributed by atoms with Crippen LogP contribution in [0.5, 0.6) is 0 Å². The highest BCUT2D eigenvalue weighted by Gasteiger charge is 2.48. The average molecular weight is 153 g/mol. The Balaban J connectivity index is 1.86. The van der Waals surface area contributed by atoms with Crippen molar-refractivity contribution in [1.29, 1.82) is 0 Å². The highest BCUT2D eigenvalue weighted by atomic mass is 15.3. The van der Waals surface area contributed by atoms with Crippen LogP contribution in [0.2, 0.25) is 0 Å². The van der Waals surface area contributed by atoms with E-state index in [2.05, 4.69) is 18.7 Å². The summed E-state index contributed by atoms with van der Waals surface area (Å²) in [7, 11) is 0. The van der Waals surface area contributed by atoms with E-state index in [1.807, 2.05) is 0 Å². The van der Waals surface area contributed by atoms with Gasteiger partial charge in [0.15, 0.2) is 0 Å². The van der Waals surface area contributed by atoms with Gasteiger partial charge in [-0.3, -0.25) is 4.90 Å². The van der Waals surface area contributed by atoms with Crippen LogP contribution in [0, 0.1) is 5.92 Å². The van der Waals surface area contributed by atoms with Gasteiger partial charge in [-0.05, 0) is 31.6 Å². The van der Waals surface area contributed by atoms with Crippen LogP contribution in [0.1, 0.15) is 39.5 Å². The lowest BCUT2D eigenvalue weighted by atomic mass is 9.67. The number of rotatable bonds is 2. The van der Waals surface area contributed by atoms with Gasteiger partial charge in [0, 0.05) is 18.6 Å². The Morgan fingerprint density at radius 3 is 2.27 bits per heavy atom. The van der Waals surface area contributed by atoms with Crippen LogP contribution in [-0.4, -0.2) is 23.5 Å². The quantitative estimate of drug-likeness (QED) is 0.588. The van der Waals surface area contributed by atoms with Gasteiger partial charge in [-0.15, -0.1) is 0 Å². The lowest BCUT2D eigenvalue weighted by molar-refractivity contribution is -0.0786. The lowest BCUT2D eigenvalue weighted by Crippen LogP contribution is -2.64.